The average molecular weight is 296 g/mol. The fraction of sp³-hybridized carbons (Fsp3) is 0.733. The fourth-order valence-corrected chi connectivity index (χ4v) is 3.13. The Labute approximate surface area is 124 Å². The first-order chi connectivity index (χ1) is 9.45. The third-order valence-corrected chi connectivity index (χ3v) is 4.73. The van der Waals surface area contributed by atoms with Crippen molar-refractivity contribution in [2.75, 3.05) is 6.61 Å². The highest BCUT2D eigenvalue weighted by atomic mass is 32.1. The number of rotatable bonds is 5. The van der Waals surface area contributed by atoms with Gasteiger partial charge in [0.05, 0.1) is 23.4 Å². The quantitative estimate of drug-likeness (QED) is 0.908. The lowest BCUT2D eigenvalue weighted by molar-refractivity contribution is -0.127. The third kappa shape index (κ3) is 4.56. The summed E-state index contributed by atoms with van der Waals surface area (Å²) in [6, 6.07) is 0. The number of ether oxygens (including phenoxy) is 1. The van der Waals surface area contributed by atoms with Gasteiger partial charge in [-0.1, -0.05) is 33.6 Å². The molecule has 1 aliphatic carbocycles. The molecule has 0 spiro atoms. The van der Waals surface area contributed by atoms with Crippen LogP contribution >= 0.6 is 11.3 Å². The van der Waals surface area contributed by atoms with E-state index in [4.69, 9.17) is 4.74 Å². The third-order valence-electron chi connectivity index (χ3n) is 3.41. The molecule has 5 heteroatoms. The molecule has 0 atom stereocenters. The topological polar surface area (TPSA) is 51.2 Å². The minimum absolute atomic E-state index is 0.0535. The second kappa shape index (κ2) is 6.68. The van der Waals surface area contributed by atoms with Gasteiger partial charge in [0, 0.05) is 10.8 Å². The Balaban J connectivity index is 1.71. The van der Waals surface area contributed by atoms with Crippen LogP contribution in [0, 0.1) is 0 Å². The number of nitrogens with one attached hydrogen (secondary N) is 1. The summed E-state index contributed by atoms with van der Waals surface area (Å²) in [5.74, 6) is -0.0535. The van der Waals surface area contributed by atoms with Crippen LogP contribution in [0.1, 0.15) is 57.2 Å². The first-order valence-corrected chi connectivity index (χ1v) is 8.16. The molecule has 1 aliphatic rings. The summed E-state index contributed by atoms with van der Waals surface area (Å²) in [6.07, 6.45) is 4.91. The highest BCUT2D eigenvalue weighted by Gasteiger charge is 2.19. The minimum atomic E-state index is -0.0535. The van der Waals surface area contributed by atoms with Crippen LogP contribution in [-0.2, 0) is 21.5 Å². The largest absolute Gasteiger partial charge is 0.368 e. The minimum Gasteiger partial charge on any atom is -0.368 e. The summed E-state index contributed by atoms with van der Waals surface area (Å²) in [5.41, 5.74) is 0.993. The van der Waals surface area contributed by atoms with Crippen LogP contribution in [0.25, 0.3) is 0 Å². The fourth-order valence-electron chi connectivity index (χ4n) is 2.22. The van der Waals surface area contributed by atoms with Gasteiger partial charge in [-0.15, -0.1) is 11.3 Å². The highest BCUT2D eigenvalue weighted by Crippen LogP contribution is 2.25. The second-order valence-electron chi connectivity index (χ2n) is 6.39. The van der Waals surface area contributed by atoms with Gasteiger partial charge < -0.3 is 10.1 Å². The van der Waals surface area contributed by atoms with Gasteiger partial charge in [-0.25, -0.2) is 4.98 Å². The Morgan fingerprint density at radius 2 is 2.15 bits per heavy atom. The van der Waals surface area contributed by atoms with Crippen molar-refractivity contribution in [2.45, 2.75) is 64.5 Å². The molecule has 0 unspecified atom stereocenters. The molecule has 1 aromatic heterocycles. The van der Waals surface area contributed by atoms with Crippen molar-refractivity contribution in [3.05, 3.63) is 16.1 Å². The zero-order chi connectivity index (χ0) is 14.6. The van der Waals surface area contributed by atoms with Crippen molar-refractivity contribution in [3.8, 4) is 0 Å². The van der Waals surface area contributed by atoms with Crippen LogP contribution in [0.15, 0.2) is 5.38 Å². The molecule has 1 fully saturated rings. The Kier molecular flexibility index (Phi) is 5.16. The molecule has 0 saturated heterocycles. The van der Waals surface area contributed by atoms with Gasteiger partial charge in [0.15, 0.2) is 0 Å². The molecule has 1 heterocycles. The van der Waals surface area contributed by atoms with Crippen LogP contribution in [0.4, 0.5) is 0 Å². The molecule has 4 nitrogen and oxygen atoms in total. The Hall–Kier alpha value is -0.940. The standard InChI is InChI=1S/C15H24N2O2S/c1-15(2,3)14-17-11(10-20-14)8-16-13(18)9-19-12-6-4-5-7-12/h10,12H,4-9H2,1-3H3,(H,16,18). The van der Waals surface area contributed by atoms with E-state index in [1.165, 1.54) is 12.8 Å². The van der Waals surface area contributed by atoms with E-state index in [2.05, 4.69) is 31.1 Å². The Bertz CT molecular complexity index is 445. The second-order valence-corrected chi connectivity index (χ2v) is 7.25. The molecule has 0 bridgehead atoms. The van der Waals surface area contributed by atoms with E-state index < -0.39 is 0 Å². The molecule has 20 heavy (non-hydrogen) atoms. The summed E-state index contributed by atoms with van der Waals surface area (Å²) < 4.78 is 5.58. The van der Waals surface area contributed by atoms with Crippen molar-refractivity contribution in [1.29, 1.82) is 0 Å². The predicted molar refractivity (Wildman–Crippen MR) is 80.9 cm³/mol. The van der Waals surface area contributed by atoms with Crippen LogP contribution in [-0.4, -0.2) is 23.6 Å². The smallest absolute Gasteiger partial charge is 0.246 e. The molecule has 0 aliphatic heterocycles. The lowest BCUT2D eigenvalue weighted by Gasteiger charge is -2.13. The number of carbonyl (C=O) groups excluding carboxylic acids is 1. The number of hydrogen-bond donors (Lipinski definition) is 1. The van der Waals surface area contributed by atoms with Crippen LogP contribution in [0.2, 0.25) is 0 Å². The maximum Gasteiger partial charge on any atom is 0.246 e. The molecule has 1 saturated carbocycles. The van der Waals surface area contributed by atoms with E-state index in [-0.39, 0.29) is 24.0 Å². The summed E-state index contributed by atoms with van der Waals surface area (Å²) in [6.45, 7) is 7.08. The van der Waals surface area contributed by atoms with Crippen molar-refractivity contribution >= 4 is 17.2 Å². The zero-order valence-corrected chi connectivity index (χ0v) is 13.4. The molecule has 1 aromatic rings. The average Bonchev–Trinajstić information content (AvgIpc) is 3.04. The number of thiazole rings is 1. The number of hydrogen-bond acceptors (Lipinski definition) is 4. The van der Waals surface area contributed by atoms with Gasteiger partial charge in [-0.05, 0) is 12.8 Å². The summed E-state index contributed by atoms with van der Waals surface area (Å²) >= 11 is 1.65. The summed E-state index contributed by atoms with van der Waals surface area (Å²) in [5, 5.41) is 5.98. The maximum absolute atomic E-state index is 11.7. The lowest BCUT2D eigenvalue weighted by atomic mass is 9.98. The molecule has 112 valence electrons. The van der Waals surface area contributed by atoms with Gasteiger partial charge >= 0.3 is 0 Å². The van der Waals surface area contributed by atoms with E-state index in [9.17, 15) is 4.79 Å². The van der Waals surface area contributed by atoms with Gasteiger partial charge in [0.25, 0.3) is 0 Å². The van der Waals surface area contributed by atoms with Gasteiger partial charge in [0.1, 0.15) is 6.61 Å². The maximum atomic E-state index is 11.7. The van der Waals surface area contributed by atoms with Crippen molar-refractivity contribution < 1.29 is 9.53 Å². The van der Waals surface area contributed by atoms with E-state index in [1.54, 1.807) is 11.3 Å². The number of amides is 1. The molecule has 0 aromatic carbocycles. The van der Waals surface area contributed by atoms with Crippen molar-refractivity contribution in [3.63, 3.8) is 0 Å². The van der Waals surface area contributed by atoms with Gasteiger partial charge in [-0.2, -0.15) is 0 Å². The number of aromatic nitrogens is 1. The van der Waals surface area contributed by atoms with Crippen molar-refractivity contribution in [1.82, 2.24) is 10.3 Å². The summed E-state index contributed by atoms with van der Waals surface area (Å²) in [7, 11) is 0. The lowest BCUT2D eigenvalue weighted by Crippen LogP contribution is -2.29. The van der Waals surface area contributed by atoms with E-state index >= 15 is 0 Å². The van der Waals surface area contributed by atoms with Crippen LogP contribution in [0.3, 0.4) is 0 Å². The zero-order valence-electron chi connectivity index (χ0n) is 12.6. The molecule has 2 rings (SSSR count). The monoisotopic (exact) mass is 296 g/mol. The molecule has 1 N–H and O–H groups in total. The highest BCUT2D eigenvalue weighted by molar-refractivity contribution is 7.09. The van der Waals surface area contributed by atoms with Gasteiger partial charge in [-0.3, -0.25) is 4.79 Å². The predicted octanol–water partition coefficient (Wildman–Crippen LogP) is 3.02. The number of carbonyl (C=O) groups is 1. The number of nitrogens with zero attached hydrogens (tertiary/aromatic N) is 1. The molecule has 0 radical (unpaired) electrons. The molecule has 1 amide bonds. The van der Waals surface area contributed by atoms with Crippen molar-refractivity contribution in [2.24, 2.45) is 0 Å². The van der Waals surface area contributed by atoms with E-state index in [0.717, 1.165) is 23.5 Å². The summed E-state index contributed by atoms with van der Waals surface area (Å²) in [4.78, 5) is 16.3. The Morgan fingerprint density at radius 3 is 2.75 bits per heavy atom. The SMILES string of the molecule is CC(C)(C)c1nc(CNC(=O)COC2CCCC2)cs1. The van der Waals surface area contributed by atoms with Crippen LogP contribution < -0.4 is 5.32 Å². The van der Waals surface area contributed by atoms with E-state index in [0.29, 0.717) is 6.54 Å². The molecular formula is C15H24N2O2S. The van der Waals surface area contributed by atoms with Gasteiger partial charge in [0.2, 0.25) is 5.91 Å². The van der Waals surface area contributed by atoms with Crippen LogP contribution in [0.5, 0.6) is 0 Å². The Morgan fingerprint density at radius 1 is 1.45 bits per heavy atom. The first-order valence-electron chi connectivity index (χ1n) is 7.28. The normalized spacial score (nSPS) is 16.6. The van der Waals surface area contributed by atoms with E-state index in [1.807, 2.05) is 5.38 Å². The first kappa shape index (κ1) is 15.4. The molecular weight excluding hydrogens is 272 g/mol.